The number of aliphatic hydroxyl groups is 1. The van der Waals surface area contributed by atoms with E-state index < -0.39 is 11.2 Å². The van der Waals surface area contributed by atoms with E-state index in [-0.39, 0.29) is 12.1 Å². The van der Waals surface area contributed by atoms with E-state index in [4.69, 9.17) is 4.74 Å². The molecule has 0 spiro atoms. The molecular formula is C17H29N3O3S. The van der Waals surface area contributed by atoms with Gasteiger partial charge in [-0.1, -0.05) is 0 Å². The largest absolute Gasteiger partial charge is 0.444 e. The average Bonchev–Trinajstić information content (AvgIpc) is 2.81. The molecule has 0 unspecified atom stereocenters. The summed E-state index contributed by atoms with van der Waals surface area (Å²) < 4.78 is 5.47. The molecule has 1 fully saturated rings. The first-order valence-corrected chi connectivity index (χ1v) is 9.11. The number of piperidine rings is 1. The SMILES string of the molecule is Cc1ncc(CN(C)[C@@H]2CN(C(=O)OC(C)(C)C)CC[C@@]2(C)O)s1. The number of thiazole rings is 1. The van der Waals surface area contributed by atoms with Crippen molar-refractivity contribution in [3.63, 3.8) is 0 Å². The number of likely N-dealkylation sites (N-methyl/N-ethyl adjacent to an activating group) is 1. The Morgan fingerprint density at radius 2 is 2.25 bits per heavy atom. The lowest BCUT2D eigenvalue weighted by atomic mass is 9.87. The van der Waals surface area contributed by atoms with E-state index in [0.717, 1.165) is 9.88 Å². The maximum absolute atomic E-state index is 12.4. The van der Waals surface area contributed by atoms with Crippen LogP contribution in [0.5, 0.6) is 0 Å². The van der Waals surface area contributed by atoms with Crippen LogP contribution in [-0.4, -0.2) is 63.4 Å². The van der Waals surface area contributed by atoms with E-state index >= 15 is 0 Å². The highest BCUT2D eigenvalue weighted by molar-refractivity contribution is 7.11. The van der Waals surface area contributed by atoms with Crippen molar-refractivity contribution in [2.45, 2.75) is 64.8 Å². The van der Waals surface area contributed by atoms with Gasteiger partial charge >= 0.3 is 6.09 Å². The van der Waals surface area contributed by atoms with Crippen molar-refractivity contribution in [3.05, 3.63) is 16.1 Å². The first kappa shape index (κ1) is 19.1. The molecule has 24 heavy (non-hydrogen) atoms. The zero-order chi connectivity index (χ0) is 18.1. The normalized spacial score (nSPS) is 25.2. The Hall–Kier alpha value is -1.18. The van der Waals surface area contributed by atoms with Gasteiger partial charge in [0.25, 0.3) is 0 Å². The van der Waals surface area contributed by atoms with Crippen LogP contribution in [0.4, 0.5) is 4.79 Å². The molecule has 0 aliphatic carbocycles. The molecule has 2 atom stereocenters. The van der Waals surface area contributed by atoms with Crippen LogP contribution in [0.1, 0.15) is 44.0 Å². The molecule has 1 aliphatic rings. The molecule has 7 heteroatoms. The van der Waals surface area contributed by atoms with E-state index in [1.54, 1.807) is 16.2 Å². The van der Waals surface area contributed by atoms with Crippen molar-refractivity contribution in [1.82, 2.24) is 14.8 Å². The highest BCUT2D eigenvalue weighted by Gasteiger charge is 2.42. The van der Waals surface area contributed by atoms with Gasteiger partial charge in [-0.05, 0) is 48.1 Å². The summed E-state index contributed by atoms with van der Waals surface area (Å²) >= 11 is 1.66. The van der Waals surface area contributed by atoms with E-state index in [0.29, 0.717) is 26.1 Å². The third-order valence-electron chi connectivity index (χ3n) is 4.26. The van der Waals surface area contributed by atoms with Gasteiger partial charge in [-0.15, -0.1) is 11.3 Å². The third-order valence-corrected chi connectivity index (χ3v) is 5.15. The molecule has 0 bridgehead atoms. The van der Waals surface area contributed by atoms with Crippen LogP contribution >= 0.6 is 11.3 Å². The number of hydrogen-bond acceptors (Lipinski definition) is 6. The number of amides is 1. The Bertz CT molecular complexity index is 580. The average molecular weight is 356 g/mol. The number of aromatic nitrogens is 1. The Morgan fingerprint density at radius 1 is 1.58 bits per heavy atom. The minimum absolute atomic E-state index is 0.152. The fraction of sp³-hybridized carbons (Fsp3) is 0.765. The van der Waals surface area contributed by atoms with Gasteiger partial charge in [-0.3, -0.25) is 4.90 Å². The van der Waals surface area contributed by atoms with Gasteiger partial charge in [-0.2, -0.15) is 0 Å². The number of aryl methyl sites for hydroxylation is 1. The van der Waals surface area contributed by atoms with Crippen LogP contribution in [0, 0.1) is 6.92 Å². The summed E-state index contributed by atoms with van der Waals surface area (Å²) in [7, 11) is 1.98. The molecule has 0 saturated carbocycles. The monoisotopic (exact) mass is 355 g/mol. The van der Waals surface area contributed by atoms with Crippen molar-refractivity contribution < 1.29 is 14.6 Å². The summed E-state index contributed by atoms with van der Waals surface area (Å²) in [5, 5.41) is 11.8. The predicted molar refractivity (Wildman–Crippen MR) is 95.2 cm³/mol. The summed E-state index contributed by atoms with van der Waals surface area (Å²) in [4.78, 5) is 21.6. The molecule has 1 aromatic rings. The molecule has 2 heterocycles. The molecular weight excluding hydrogens is 326 g/mol. The number of nitrogens with zero attached hydrogens (tertiary/aromatic N) is 3. The second-order valence-electron chi connectivity index (χ2n) is 7.81. The summed E-state index contributed by atoms with van der Waals surface area (Å²) in [6.07, 6.45) is 2.09. The second kappa shape index (κ2) is 6.98. The number of carbonyl (C=O) groups excluding carboxylic acids is 1. The Morgan fingerprint density at radius 3 is 2.79 bits per heavy atom. The number of rotatable bonds is 3. The van der Waals surface area contributed by atoms with Crippen molar-refractivity contribution in [3.8, 4) is 0 Å². The molecule has 0 radical (unpaired) electrons. The lowest BCUT2D eigenvalue weighted by Crippen LogP contribution is -2.61. The first-order chi connectivity index (χ1) is 11.0. The van der Waals surface area contributed by atoms with E-state index in [2.05, 4.69) is 9.88 Å². The highest BCUT2D eigenvalue weighted by Crippen LogP contribution is 2.28. The van der Waals surface area contributed by atoms with Crippen LogP contribution < -0.4 is 0 Å². The fourth-order valence-corrected chi connectivity index (χ4v) is 3.82. The van der Waals surface area contributed by atoms with Gasteiger partial charge in [0.1, 0.15) is 5.60 Å². The van der Waals surface area contributed by atoms with E-state index in [9.17, 15) is 9.90 Å². The fourth-order valence-electron chi connectivity index (χ4n) is 2.97. The minimum atomic E-state index is -0.840. The molecule has 1 amide bonds. The molecule has 136 valence electrons. The van der Waals surface area contributed by atoms with Crippen molar-refractivity contribution in [1.29, 1.82) is 0 Å². The van der Waals surface area contributed by atoms with Crippen molar-refractivity contribution >= 4 is 17.4 Å². The number of ether oxygens (including phenoxy) is 1. The molecule has 0 aromatic carbocycles. The smallest absolute Gasteiger partial charge is 0.410 e. The zero-order valence-electron chi connectivity index (χ0n) is 15.5. The third kappa shape index (κ3) is 4.91. The molecule has 6 nitrogen and oxygen atoms in total. The zero-order valence-corrected chi connectivity index (χ0v) is 16.3. The van der Waals surface area contributed by atoms with Crippen LogP contribution in [0.3, 0.4) is 0 Å². The first-order valence-electron chi connectivity index (χ1n) is 8.30. The molecule has 2 rings (SSSR count). The van der Waals surface area contributed by atoms with Crippen LogP contribution in [-0.2, 0) is 11.3 Å². The van der Waals surface area contributed by atoms with Gasteiger partial charge in [-0.25, -0.2) is 9.78 Å². The molecule has 1 saturated heterocycles. The van der Waals surface area contributed by atoms with Crippen molar-refractivity contribution in [2.24, 2.45) is 0 Å². The summed E-state index contributed by atoms with van der Waals surface area (Å²) in [6.45, 7) is 11.1. The number of hydrogen-bond donors (Lipinski definition) is 1. The Labute approximate surface area is 148 Å². The lowest BCUT2D eigenvalue weighted by Gasteiger charge is -2.46. The summed E-state index contributed by atoms with van der Waals surface area (Å²) in [5.41, 5.74) is -1.36. The Kier molecular flexibility index (Phi) is 5.57. The summed E-state index contributed by atoms with van der Waals surface area (Å²) in [6, 6.07) is -0.152. The van der Waals surface area contributed by atoms with E-state index in [1.807, 2.05) is 47.9 Å². The quantitative estimate of drug-likeness (QED) is 0.903. The van der Waals surface area contributed by atoms with Gasteiger partial charge in [0.2, 0.25) is 0 Å². The maximum Gasteiger partial charge on any atom is 0.410 e. The number of carbonyl (C=O) groups is 1. The van der Waals surface area contributed by atoms with Crippen LogP contribution in [0.15, 0.2) is 6.20 Å². The minimum Gasteiger partial charge on any atom is -0.444 e. The topological polar surface area (TPSA) is 65.9 Å². The lowest BCUT2D eigenvalue weighted by molar-refractivity contribution is -0.0785. The van der Waals surface area contributed by atoms with Gasteiger partial charge in [0, 0.05) is 30.7 Å². The molecule has 1 aliphatic heterocycles. The van der Waals surface area contributed by atoms with Crippen molar-refractivity contribution in [2.75, 3.05) is 20.1 Å². The molecule has 1 aromatic heterocycles. The second-order valence-corrected chi connectivity index (χ2v) is 9.13. The Balaban J connectivity index is 2.06. The van der Waals surface area contributed by atoms with Gasteiger partial charge < -0.3 is 14.7 Å². The summed E-state index contributed by atoms with van der Waals surface area (Å²) in [5.74, 6) is 0. The number of likely N-dealkylation sites (tertiary alicyclic amines) is 1. The highest BCUT2D eigenvalue weighted by atomic mass is 32.1. The maximum atomic E-state index is 12.4. The van der Waals surface area contributed by atoms with Gasteiger partial charge in [0.15, 0.2) is 0 Å². The standard InChI is InChI=1S/C17H29N3O3S/c1-12-18-9-13(24-12)10-19(6)14-11-20(8-7-17(14,5)22)15(21)23-16(2,3)4/h9,14,22H,7-8,10-11H2,1-6H3/t14-,17-/m1/s1. The van der Waals surface area contributed by atoms with E-state index in [1.165, 1.54) is 0 Å². The predicted octanol–water partition coefficient (Wildman–Crippen LogP) is 2.64. The molecule has 1 N–H and O–H groups in total. The van der Waals surface area contributed by atoms with Crippen LogP contribution in [0.2, 0.25) is 0 Å². The van der Waals surface area contributed by atoms with Gasteiger partial charge in [0.05, 0.1) is 16.7 Å². The van der Waals surface area contributed by atoms with Crippen LogP contribution in [0.25, 0.3) is 0 Å².